The maximum absolute atomic E-state index is 12.2. The Morgan fingerprint density at radius 2 is 2.20 bits per heavy atom. The summed E-state index contributed by atoms with van der Waals surface area (Å²) in [6, 6.07) is -0.181. The number of hydrogen-bond acceptors (Lipinski definition) is 6. The Morgan fingerprint density at radius 3 is 2.80 bits per heavy atom. The summed E-state index contributed by atoms with van der Waals surface area (Å²) in [6.07, 6.45) is 3.88. The second-order valence-electron chi connectivity index (χ2n) is 4.50. The summed E-state index contributed by atoms with van der Waals surface area (Å²) in [4.78, 5) is 15.2. The van der Waals surface area contributed by atoms with E-state index in [1.807, 2.05) is 6.92 Å². The van der Waals surface area contributed by atoms with Crippen molar-refractivity contribution in [1.29, 1.82) is 0 Å². The number of ether oxygens (including phenoxy) is 1. The fourth-order valence-corrected chi connectivity index (χ4v) is 4.16. The molecule has 6 nitrogen and oxygen atoms in total. The summed E-state index contributed by atoms with van der Waals surface area (Å²) in [5, 5.41) is 0. The highest BCUT2D eigenvalue weighted by atomic mass is 32.2. The van der Waals surface area contributed by atoms with Gasteiger partial charge in [0.15, 0.2) is 9.90 Å². The monoisotopic (exact) mass is 320 g/mol. The van der Waals surface area contributed by atoms with E-state index in [0.29, 0.717) is 0 Å². The van der Waals surface area contributed by atoms with Gasteiger partial charge in [0.25, 0.3) is 10.0 Å². The highest BCUT2D eigenvalue weighted by molar-refractivity contribution is 7.91. The molecule has 0 radical (unpaired) electrons. The smallest absolute Gasteiger partial charge is 0.358 e. The first kappa shape index (κ1) is 17.1. The molecule has 1 N–H and O–H groups in total. The lowest BCUT2D eigenvalue weighted by molar-refractivity contribution is 0.0590. The quantitative estimate of drug-likeness (QED) is 0.586. The van der Waals surface area contributed by atoms with Crippen molar-refractivity contribution >= 4 is 27.3 Å². The number of nitrogens with one attached hydrogen (secondary N) is 1. The number of rotatable bonds is 8. The van der Waals surface area contributed by atoms with Crippen molar-refractivity contribution in [2.75, 3.05) is 7.11 Å². The zero-order chi connectivity index (χ0) is 15.2. The molecular formula is C12H20N2O4S2. The molecule has 1 atom stereocenters. The molecule has 1 heterocycles. The molecule has 8 heteroatoms. The van der Waals surface area contributed by atoms with Crippen molar-refractivity contribution in [3.8, 4) is 0 Å². The molecule has 0 saturated carbocycles. The minimum atomic E-state index is -3.73. The topological polar surface area (TPSA) is 85.4 Å². The largest absolute Gasteiger partial charge is 0.464 e. The van der Waals surface area contributed by atoms with Gasteiger partial charge in [0.1, 0.15) is 0 Å². The van der Waals surface area contributed by atoms with Crippen molar-refractivity contribution in [1.82, 2.24) is 9.71 Å². The summed E-state index contributed by atoms with van der Waals surface area (Å²) < 4.78 is 31.5. The standard InChI is InChI=1S/C12H20N2O4S2/c1-4-5-6-7-9(2)14-20(16,17)12-10(11(15)18-3)13-8-19-12/h8-9,14H,4-7H2,1-3H3. The molecule has 0 aliphatic heterocycles. The van der Waals surface area contributed by atoms with Crippen molar-refractivity contribution < 1.29 is 17.9 Å². The number of thiazole rings is 1. The third kappa shape index (κ3) is 4.53. The number of unbranched alkanes of at least 4 members (excludes halogenated alkanes) is 2. The van der Waals surface area contributed by atoms with Gasteiger partial charge in [-0.25, -0.2) is 22.9 Å². The van der Waals surface area contributed by atoms with Gasteiger partial charge in [-0.05, 0) is 13.3 Å². The average molecular weight is 320 g/mol. The lowest BCUT2D eigenvalue weighted by Crippen LogP contribution is -2.33. The van der Waals surface area contributed by atoms with Crippen LogP contribution in [0.25, 0.3) is 0 Å². The second-order valence-corrected chi connectivity index (χ2v) is 7.26. The molecular weight excluding hydrogens is 300 g/mol. The first-order chi connectivity index (χ1) is 9.42. The van der Waals surface area contributed by atoms with E-state index in [2.05, 4.69) is 21.4 Å². The molecule has 0 amide bonds. The van der Waals surface area contributed by atoms with E-state index < -0.39 is 16.0 Å². The summed E-state index contributed by atoms with van der Waals surface area (Å²) in [5.74, 6) is -0.745. The van der Waals surface area contributed by atoms with Crippen molar-refractivity contribution in [2.24, 2.45) is 0 Å². The predicted molar refractivity (Wildman–Crippen MR) is 77.4 cm³/mol. The molecule has 0 aliphatic rings. The van der Waals surface area contributed by atoms with E-state index in [-0.39, 0.29) is 15.9 Å². The van der Waals surface area contributed by atoms with Gasteiger partial charge >= 0.3 is 5.97 Å². The number of hydrogen-bond donors (Lipinski definition) is 1. The number of aromatic nitrogens is 1. The number of carbonyl (C=O) groups excluding carboxylic acids is 1. The van der Waals surface area contributed by atoms with Gasteiger partial charge in [0, 0.05) is 6.04 Å². The summed E-state index contributed by atoms with van der Waals surface area (Å²) in [6.45, 7) is 3.90. The highest BCUT2D eigenvalue weighted by Crippen LogP contribution is 2.21. The Balaban J connectivity index is 2.79. The Labute approximate surface area is 123 Å². The molecule has 0 saturated heterocycles. The maximum Gasteiger partial charge on any atom is 0.358 e. The summed E-state index contributed by atoms with van der Waals surface area (Å²) in [5.41, 5.74) is 1.16. The normalized spacial score (nSPS) is 13.2. The molecule has 20 heavy (non-hydrogen) atoms. The minimum Gasteiger partial charge on any atom is -0.464 e. The molecule has 1 aromatic heterocycles. The molecule has 0 bridgehead atoms. The van der Waals surface area contributed by atoms with Gasteiger partial charge in [0.05, 0.1) is 12.6 Å². The lowest BCUT2D eigenvalue weighted by Gasteiger charge is -2.13. The van der Waals surface area contributed by atoms with E-state index in [4.69, 9.17) is 0 Å². The Bertz CT molecular complexity index is 539. The van der Waals surface area contributed by atoms with Gasteiger partial charge in [-0.15, -0.1) is 11.3 Å². The fourth-order valence-electron chi connectivity index (χ4n) is 1.74. The van der Waals surface area contributed by atoms with Crippen LogP contribution in [0.5, 0.6) is 0 Å². The SMILES string of the molecule is CCCCCC(C)NS(=O)(=O)c1scnc1C(=O)OC. The summed E-state index contributed by atoms with van der Waals surface area (Å²) in [7, 11) is -2.54. The van der Waals surface area contributed by atoms with Crippen LogP contribution in [0, 0.1) is 0 Å². The molecule has 0 spiro atoms. The van der Waals surface area contributed by atoms with E-state index >= 15 is 0 Å². The molecule has 114 valence electrons. The van der Waals surface area contributed by atoms with E-state index in [1.165, 1.54) is 12.6 Å². The molecule has 1 rings (SSSR count). The van der Waals surface area contributed by atoms with Crippen LogP contribution < -0.4 is 4.72 Å². The van der Waals surface area contributed by atoms with Crippen LogP contribution in [0.2, 0.25) is 0 Å². The van der Waals surface area contributed by atoms with E-state index in [1.54, 1.807) is 0 Å². The third-order valence-electron chi connectivity index (χ3n) is 2.75. The van der Waals surface area contributed by atoms with Crippen LogP contribution >= 0.6 is 11.3 Å². The Kier molecular flexibility index (Phi) is 6.57. The van der Waals surface area contributed by atoms with Gasteiger partial charge < -0.3 is 4.74 Å². The zero-order valence-corrected chi connectivity index (χ0v) is 13.5. The highest BCUT2D eigenvalue weighted by Gasteiger charge is 2.27. The first-order valence-electron chi connectivity index (χ1n) is 6.46. The van der Waals surface area contributed by atoms with Crippen LogP contribution in [0.3, 0.4) is 0 Å². The predicted octanol–water partition coefficient (Wildman–Crippen LogP) is 2.18. The van der Waals surface area contributed by atoms with Crippen LogP contribution in [0.4, 0.5) is 0 Å². The number of carbonyl (C=O) groups is 1. The zero-order valence-electron chi connectivity index (χ0n) is 11.9. The Hall–Kier alpha value is -0.990. The van der Waals surface area contributed by atoms with E-state index in [9.17, 15) is 13.2 Å². The van der Waals surface area contributed by atoms with Crippen molar-refractivity contribution in [3.63, 3.8) is 0 Å². The lowest BCUT2D eigenvalue weighted by atomic mass is 10.1. The van der Waals surface area contributed by atoms with Gasteiger partial charge in [0.2, 0.25) is 0 Å². The average Bonchev–Trinajstić information content (AvgIpc) is 2.87. The van der Waals surface area contributed by atoms with Crippen LogP contribution in [-0.2, 0) is 14.8 Å². The van der Waals surface area contributed by atoms with Crippen molar-refractivity contribution in [2.45, 2.75) is 49.8 Å². The maximum atomic E-state index is 12.2. The van der Waals surface area contributed by atoms with Crippen LogP contribution in [0.15, 0.2) is 9.72 Å². The first-order valence-corrected chi connectivity index (χ1v) is 8.82. The summed E-state index contributed by atoms with van der Waals surface area (Å²) >= 11 is 0.908. The molecule has 0 aliphatic carbocycles. The minimum absolute atomic E-state index is 0.0910. The van der Waals surface area contributed by atoms with Crippen LogP contribution in [0.1, 0.15) is 50.0 Å². The van der Waals surface area contributed by atoms with Crippen molar-refractivity contribution in [3.05, 3.63) is 11.2 Å². The molecule has 0 fully saturated rings. The molecule has 1 aromatic rings. The third-order valence-corrected chi connectivity index (χ3v) is 5.71. The number of nitrogens with zero attached hydrogens (tertiary/aromatic N) is 1. The van der Waals surface area contributed by atoms with E-state index in [0.717, 1.165) is 37.0 Å². The van der Waals surface area contributed by atoms with Gasteiger partial charge in [-0.3, -0.25) is 0 Å². The fraction of sp³-hybridized carbons (Fsp3) is 0.667. The van der Waals surface area contributed by atoms with Crippen LogP contribution in [-0.4, -0.2) is 32.5 Å². The van der Waals surface area contributed by atoms with Gasteiger partial charge in [-0.2, -0.15) is 0 Å². The number of sulfonamides is 1. The number of methoxy groups -OCH3 is 1. The number of esters is 1. The van der Waals surface area contributed by atoms with Gasteiger partial charge in [-0.1, -0.05) is 26.2 Å². The Morgan fingerprint density at radius 1 is 1.50 bits per heavy atom. The second kappa shape index (κ2) is 7.70. The molecule has 0 aromatic carbocycles. The molecule has 1 unspecified atom stereocenters.